The quantitative estimate of drug-likeness (QED) is 0.813. The summed E-state index contributed by atoms with van der Waals surface area (Å²) >= 11 is 0. The smallest absolute Gasteiger partial charge is 0.240 e. The summed E-state index contributed by atoms with van der Waals surface area (Å²) in [4.78, 5) is 0.326. The van der Waals surface area contributed by atoms with Crippen LogP contribution >= 0.6 is 0 Å². The van der Waals surface area contributed by atoms with Gasteiger partial charge in [0.15, 0.2) is 0 Å². The summed E-state index contributed by atoms with van der Waals surface area (Å²) < 4.78 is 27.0. The third-order valence-electron chi connectivity index (χ3n) is 2.99. The lowest BCUT2D eigenvalue weighted by atomic mass is 9.98. The van der Waals surface area contributed by atoms with Crippen LogP contribution in [0.3, 0.4) is 0 Å². The van der Waals surface area contributed by atoms with Gasteiger partial charge in [0, 0.05) is 12.6 Å². The average Bonchev–Trinajstić information content (AvgIpc) is 2.36. The molecule has 1 aromatic carbocycles. The number of benzene rings is 1. The molecule has 0 spiro atoms. The van der Waals surface area contributed by atoms with Gasteiger partial charge in [-0.1, -0.05) is 46.8 Å². The molecule has 120 valence electrons. The number of sulfonamides is 1. The molecule has 0 unspecified atom stereocenters. The first kappa shape index (κ1) is 18.1. The Kier molecular flexibility index (Phi) is 6.38. The van der Waals surface area contributed by atoms with Gasteiger partial charge < -0.3 is 5.32 Å². The second-order valence-electron chi connectivity index (χ2n) is 6.89. The van der Waals surface area contributed by atoms with Crippen molar-refractivity contribution in [2.24, 2.45) is 5.41 Å². The maximum atomic E-state index is 12.2. The summed E-state index contributed by atoms with van der Waals surface area (Å²) in [6.07, 6.45) is 0.897. The fourth-order valence-corrected chi connectivity index (χ4v) is 3.02. The van der Waals surface area contributed by atoms with Crippen molar-refractivity contribution in [1.82, 2.24) is 10.0 Å². The van der Waals surface area contributed by atoms with Crippen molar-refractivity contribution in [3.05, 3.63) is 29.8 Å². The first-order chi connectivity index (χ1) is 9.60. The highest BCUT2D eigenvalue weighted by atomic mass is 32.2. The summed E-state index contributed by atoms with van der Waals surface area (Å²) in [7, 11) is -3.41. The van der Waals surface area contributed by atoms with E-state index in [1.165, 1.54) is 0 Å². The molecule has 0 saturated carbocycles. The fourth-order valence-electron chi connectivity index (χ4n) is 1.74. The minimum atomic E-state index is -3.41. The molecule has 0 bridgehead atoms. The van der Waals surface area contributed by atoms with Gasteiger partial charge in [-0.25, -0.2) is 13.1 Å². The lowest BCUT2D eigenvalue weighted by molar-refractivity contribution is 0.407. The van der Waals surface area contributed by atoms with E-state index < -0.39 is 10.0 Å². The van der Waals surface area contributed by atoms with E-state index in [2.05, 4.69) is 23.9 Å². The molecule has 21 heavy (non-hydrogen) atoms. The molecule has 1 rings (SSSR count). The highest BCUT2D eigenvalue weighted by Crippen LogP contribution is 2.15. The van der Waals surface area contributed by atoms with Crippen LogP contribution < -0.4 is 10.0 Å². The Morgan fingerprint density at radius 1 is 1.10 bits per heavy atom. The van der Waals surface area contributed by atoms with Gasteiger partial charge in [-0.15, -0.1) is 0 Å². The normalized spacial score (nSPS) is 12.9. The first-order valence-corrected chi connectivity index (χ1v) is 8.90. The summed E-state index contributed by atoms with van der Waals surface area (Å²) in [5.74, 6) is 0. The Balaban J connectivity index is 2.64. The first-order valence-electron chi connectivity index (χ1n) is 7.42. The Bertz CT molecular complexity index is 528. The van der Waals surface area contributed by atoms with E-state index in [1.54, 1.807) is 12.1 Å². The van der Waals surface area contributed by atoms with E-state index in [0.717, 1.165) is 18.5 Å². The third kappa shape index (κ3) is 7.07. The zero-order valence-corrected chi connectivity index (χ0v) is 14.5. The standard InChI is InChI=1S/C16H28N2O2S/c1-13(2)17-11-10-14-6-8-15(9-7-14)21(19,20)18-12-16(3,4)5/h6-9,13,17-18H,10-12H2,1-5H3. The number of rotatable bonds is 7. The van der Waals surface area contributed by atoms with Gasteiger partial charge in [0.05, 0.1) is 4.90 Å². The molecular weight excluding hydrogens is 284 g/mol. The Morgan fingerprint density at radius 2 is 1.67 bits per heavy atom. The van der Waals surface area contributed by atoms with Gasteiger partial charge in [-0.3, -0.25) is 0 Å². The Morgan fingerprint density at radius 3 is 2.14 bits per heavy atom. The van der Waals surface area contributed by atoms with E-state index >= 15 is 0 Å². The molecule has 0 amide bonds. The van der Waals surface area contributed by atoms with Crippen molar-refractivity contribution in [2.45, 2.75) is 52.0 Å². The largest absolute Gasteiger partial charge is 0.314 e. The van der Waals surface area contributed by atoms with Crippen LogP contribution in [0, 0.1) is 5.41 Å². The highest BCUT2D eigenvalue weighted by molar-refractivity contribution is 7.89. The molecule has 0 aromatic heterocycles. The van der Waals surface area contributed by atoms with Crippen LogP contribution in [-0.4, -0.2) is 27.5 Å². The Labute approximate surface area is 129 Å². The lowest BCUT2D eigenvalue weighted by Gasteiger charge is -2.18. The Hall–Kier alpha value is -0.910. The number of hydrogen-bond acceptors (Lipinski definition) is 3. The maximum absolute atomic E-state index is 12.2. The summed E-state index contributed by atoms with van der Waals surface area (Å²) in [6, 6.07) is 7.58. The number of nitrogens with one attached hydrogen (secondary N) is 2. The monoisotopic (exact) mass is 312 g/mol. The van der Waals surface area contributed by atoms with Gasteiger partial charge in [-0.05, 0) is 36.1 Å². The van der Waals surface area contributed by atoms with Crippen molar-refractivity contribution in [3.8, 4) is 0 Å². The van der Waals surface area contributed by atoms with Crippen LogP contribution in [0.25, 0.3) is 0 Å². The maximum Gasteiger partial charge on any atom is 0.240 e. The van der Waals surface area contributed by atoms with Crippen molar-refractivity contribution < 1.29 is 8.42 Å². The van der Waals surface area contributed by atoms with Gasteiger partial charge in [0.25, 0.3) is 0 Å². The summed E-state index contributed by atoms with van der Waals surface area (Å²) in [5.41, 5.74) is 1.06. The molecule has 0 aliphatic rings. The van der Waals surface area contributed by atoms with Crippen LogP contribution in [-0.2, 0) is 16.4 Å². The molecule has 4 nitrogen and oxygen atoms in total. The van der Waals surface area contributed by atoms with Gasteiger partial charge in [0.1, 0.15) is 0 Å². The van der Waals surface area contributed by atoms with Crippen LogP contribution in [0.15, 0.2) is 29.2 Å². The van der Waals surface area contributed by atoms with Crippen molar-refractivity contribution >= 4 is 10.0 Å². The van der Waals surface area contributed by atoms with Crippen molar-refractivity contribution in [3.63, 3.8) is 0 Å². The predicted molar refractivity (Wildman–Crippen MR) is 87.9 cm³/mol. The minimum Gasteiger partial charge on any atom is -0.314 e. The van der Waals surface area contributed by atoms with Crippen LogP contribution in [0.1, 0.15) is 40.2 Å². The van der Waals surface area contributed by atoms with Gasteiger partial charge in [0.2, 0.25) is 10.0 Å². The van der Waals surface area contributed by atoms with E-state index in [-0.39, 0.29) is 5.41 Å². The molecule has 0 aliphatic heterocycles. The zero-order chi connectivity index (χ0) is 16.1. The summed E-state index contributed by atoms with van der Waals surface area (Å²) in [5, 5.41) is 3.35. The van der Waals surface area contributed by atoms with Crippen molar-refractivity contribution in [1.29, 1.82) is 0 Å². The van der Waals surface area contributed by atoms with Crippen LogP contribution in [0.5, 0.6) is 0 Å². The molecule has 0 heterocycles. The number of hydrogen-bond donors (Lipinski definition) is 2. The van der Waals surface area contributed by atoms with E-state index in [1.807, 2.05) is 32.9 Å². The van der Waals surface area contributed by atoms with E-state index in [4.69, 9.17) is 0 Å². The SMILES string of the molecule is CC(C)NCCc1ccc(S(=O)(=O)NCC(C)(C)C)cc1. The van der Waals surface area contributed by atoms with Crippen LogP contribution in [0.2, 0.25) is 0 Å². The molecule has 1 aromatic rings. The summed E-state index contributed by atoms with van der Waals surface area (Å²) in [6.45, 7) is 11.5. The highest BCUT2D eigenvalue weighted by Gasteiger charge is 2.18. The van der Waals surface area contributed by atoms with Gasteiger partial charge in [-0.2, -0.15) is 0 Å². The molecule has 0 radical (unpaired) electrons. The van der Waals surface area contributed by atoms with E-state index in [9.17, 15) is 8.42 Å². The zero-order valence-electron chi connectivity index (χ0n) is 13.7. The topological polar surface area (TPSA) is 58.2 Å². The fraction of sp³-hybridized carbons (Fsp3) is 0.625. The lowest BCUT2D eigenvalue weighted by Crippen LogP contribution is -2.32. The second-order valence-corrected chi connectivity index (χ2v) is 8.65. The third-order valence-corrected chi connectivity index (χ3v) is 4.41. The second kappa shape index (κ2) is 7.38. The van der Waals surface area contributed by atoms with Crippen molar-refractivity contribution in [2.75, 3.05) is 13.1 Å². The molecule has 0 saturated heterocycles. The van der Waals surface area contributed by atoms with Gasteiger partial charge >= 0.3 is 0 Å². The molecule has 0 aliphatic carbocycles. The predicted octanol–water partition coefficient (Wildman–Crippen LogP) is 2.55. The molecule has 0 fully saturated rings. The van der Waals surface area contributed by atoms with Crippen LogP contribution in [0.4, 0.5) is 0 Å². The molecule has 0 atom stereocenters. The van der Waals surface area contributed by atoms with E-state index in [0.29, 0.717) is 17.5 Å². The molecule has 2 N–H and O–H groups in total. The molecule has 5 heteroatoms. The minimum absolute atomic E-state index is 0.0739. The molecular formula is C16H28N2O2S. The average molecular weight is 312 g/mol.